The van der Waals surface area contributed by atoms with Gasteiger partial charge < -0.3 is 18.8 Å². The first-order chi connectivity index (χ1) is 15.5. The number of hydrogen-bond acceptors (Lipinski definition) is 4. The van der Waals surface area contributed by atoms with Crippen LogP contribution in [0.15, 0.2) is 12.7 Å². The molecule has 184 valence electrons. The minimum absolute atomic E-state index is 0.100. The molecule has 4 bridgehead atoms. The molecule has 2 aliphatic carbocycles. The zero-order valence-electron chi connectivity index (χ0n) is 21.7. The van der Waals surface area contributed by atoms with Gasteiger partial charge in [0, 0.05) is 31.4 Å². The molecule has 0 N–H and O–H groups in total. The topological polar surface area (TPSA) is 36.9 Å². The Morgan fingerprint density at radius 3 is 1.66 bits per heavy atom. The average Bonchev–Trinajstić information content (AvgIpc) is 2.81. The van der Waals surface area contributed by atoms with E-state index in [0.29, 0.717) is 23.7 Å². The first-order valence-corrected chi connectivity index (χ1v) is 13.4. The van der Waals surface area contributed by atoms with Crippen molar-refractivity contribution in [2.24, 2.45) is 34.5 Å². The molecule has 0 aromatic rings. The Hall–Kier alpha value is -0.355. The van der Waals surface area contributed by atoms with Crippen molar-refractivity contribution in [1.29, 1.82) is 0 Å². The Kier molecular flexibility index (Phi) is 9.34. The second-order valence-corrected chi connectivity index (χ2v) is 11.1. The summed E-state index contributed by atoms with van der Waals surface area (Å²) in [6, 6.07) is 0. The summed E-state index contributed by atoms with van der Waals surface area (Å²) in [5.41, 5.74) is -0.200. The first kappa shape index (κ1) is 26.3. The number of methoxy groups -OCH3 is 2. The van der Waals surface area contributed by atoms with Crippen LogP contribution in [0.3, 0.4) is 0 Å². The molecule has 3 fully saturated rings. The summed E-state index contributed by atoms with van der Waals surface area (Å²) in [5, 5.41) is 0. The lowest BCUT2D eigenvalue weighted by Crippen LogP contribution is -2.72. The molecule has 1 unspecified atom stereocenters. The van der Waals surface area contributed by atoms with Gasteiger partial charge in [0.1, 0.15) is 0 Å². The molecule has 1 saturated heterocycles. The molecule has 32 heavy (non-hydrogen) atoms. The normalized spacial score (nSPS) is 41.4. The van der Waals surface area contributed by atoms with Crippen molar-refractivity contribution >= 4 is 7.12 Å². The molecule has 5 heteroatoms. The molecule has 2 saturated carbocycles. The lowest BCUT2D eigenvalue weighted by Gasteiger charge is -2.68. The van der Waals surface area contributed by atoms with E-state index in [2.05, 4.69) is 34.3 Å². The Bertz CT molecular complexity index is 554. The second-order valence-electron chi connectivity index (χ2n) is 11.1. The third kappa shape index (κ3) is 4.25. The van der Waals surface area contributed by atoms with Gasteiger partial charge in [-0.2, -0.15) is 0 Å². The summed E-state index contributed by atoms with van der Waals surface area (Å²) >= 11 is 0. The van der Waals surface area contributed by atoms with E-state index < -0.39 is 0 Å². The molecule has 0 spiro atoms. The summed E-state index contributed by atoms with van der Waals surface area (Å²) in [6.07, 6.45) is 12.7. The van der Waals surface area contributed by atoms with Crippen LogP contribution in [0.1, 0.15) is 79.1 Å². The van der Waals surface area contributed by atoms with Crippen LogP contribution in [0.2, 0.25) is 6.32 Å². The van der Waals surface area contributed by atoms with Crippen LogP contribution >= 0.6 is 0 Å². The maximum absolute atomic E-state index is 7.02. The molecule has 4 nitrogen and oxygen atoms in total. The Morgan fingerprint density at radius 2 is 1.31 bits per heavy atom. The average molecular weight is 448 g/mol. The van der Waals surface area contributed by atoms with Gasteiger partial charge in [-0.1, -0.05) is 59.5 Å². The molecule has 0 aromatic carbocycles. The Labute approximate surface area is 198 Å². The SMILES string of the molecule is C=CCB1O[C@@H]2C(CCCC)C[C@@H](C)[C@]3(COC)[C@H](O1)[C@H](CCCC)C[C@@H](C)[C@]23COC. The quantitative estimate of drug-likeness (QED) is 0.256. The fraction of sp³-hybridized carbons (Fsp3) is 0.926. The van der Waals surface area contributed by atoms with Gasteiger partial charge in [-0.15, -0.1) is 6.58 Å². The monoisotopic (exact) mass is 448 g/mol. The number of hydrogen-bond donors (Lipinski definition) is 0. The van der Waals surface area contributed by atoms with Crippen LogP contribution in [0, 0.1) is 34.5 Å². The van der Waals surface area contributed by atoms with Crippen molar-refractivity contribution in [2.45, 2.75) is 97.6 Å². The van der Waals surface area contributed by atoms with E-state index >= 15 is 0 Å². The summed E-state index contributed by atoms with van der Waals surface area (Å²) in [7, 11) is 3.52. The lowest BCUT2D eigenvalue weighted by molar-refractivity contribution is -0.271. The molecule has 3 aliphatic rings. The zero-order valence-corrected chi connectivity index (χ0v) is 21.7. The highest BCUT2D eigenvalue weighted by atomic mass is 16.6. The van der Waals surface area contributed by atoms with Crippen LogP contribution < -0.4 is 0 Å². The molecular weight excluding hydrogens is 399 g/mol. The predicted molar refractivity (Wildman–Crippen MR) is 133 cm³/mol. The Morgan fingerprint density at radius 1 is 0.875 bits per heavy atom. The number of unbranched alkanes of at least 4 members (excludes halogenated alkanes) is 2. The highest BCUT2D eigenvalue weighted by Crippen LogP contribution is 2.69. The van der Waals surface area contributed by atoms with E-state index in [1.165, 1.54) is 51.4 Å². The number of rotatable bonds is 12. The maximum atomic E-state index is 7.02. The van der Waals surface area contributed by atoms with E-state index in [1.807, 2.05) is 20.3 Å². The molecule has 0 amide bonds. The van der Waals surface area contributed by atoms with Crippen molar-refractivity contribution in [3.8, 4) is 0 Å². The van der Waals surface area contributed by atoms with Crippen molar-refractivity contribution in [1.82, 2.24) is 0 Å². The third-order valence-corrected chi connectivity index (χ3v) is 9.39. The summed E-state index contributed by atoms with van der Waals surface area (Å²) in [4.78, 5) is 0. The number of ether oxygens (including phenoxy) is 2. The maximum Gasteiger partial charge on any atom is 0.461 e. The van der Waals surface area contributed by atoms with E-state index in [9.17, 15) is 0 Å². The second kappa shape index (κ2) is 11.4. The van der Waals surface area contributed by atoms with Gasteiger partial charge in [-0.3, -0.25) is 0 Å². The molecule has 3 rings (SSSR count). The van der Waals surface area contributed by atoms with Crippen LogP contribution in [-0.4, -0.2) is 46.8 Å². The summed E-state index contributed by atoms with van der Waals surface area (Å²) in [6.45, 7) is 15.0. The molecule has 1 aliphatic heterocycles. The van der Waals surface area contributed by atoms with Crippen LogP contribution in [0.4, 0.5) is 0 Å². The van der Waals surface area contributed by atoms with E-state index in [1.54, 1.807) is 0 Å². The van der Waals surface area contributed by atoms with Gasteiger partial charge in [-0.05, 0) is 49.4 Å². The van der Waals surface area contributed by atoms with Crippen molar-refractivity contribution in [3.63, 3.8) is 0 Å². The highest BCUT2D eigenvalue weighted by Gasteiger charge is 2.73. The van der Waals surface area contributed by atoms with Gasteiger partial charge in [0.05, 0.1) is 25.4 Å². The zero-order chi connectivity index (χ0) is 23.4. The molecule has 1 heterocycles. The highest BCUT2D eigenvalue weighted by molar-refractivity contribution is 6.45. The van der Waals surface area contributed by atoms with Gasteiger partial charge >= 0.3 is 7.12 Å². The van der Waals surface area contributed by atoms with Crippen LogP contribution in [0.5, 0.6) is 0 Å². The largest absolute Gasteiger partial charge is 0.461 e. The van der Waals surface area contributed by atoms with Crippen molar-refractivity contribution in [2.75, 3.05) is 27.4 Å². The first-order valence-electron chi connectivity index (χ1n) is 13.4. The lowest BCUT2D eigenvalue weighted by atomic mass is 9.38. The van der Waals surface area contributed by atoms with Gasteiger partial charge in [0.2, 0.25) is 0 Å². The van der Waals surface area contributed by atoms with Crippen molar-refractivity contribution < 1.29 is 18.8 Å². The Balaban J connectivity index is 2.20. The van der Waals surface area contributed by atoms with Gasteiger partial charge in [0.25, 0.3) is 0 Å². The van der Waals surface area contributed by atoms with Crippen LogP contribution in [0.25, 0.3) is 0 Å². The standard InChI is InChI=1S/C27H49BO4/c1-8-11-13-22-16-20(4)27(19-30-7)25-23(14-12-9-2)17-21(5)26(27,18-29-6)24(22)31-28(32-25)15-10-3/h10,20-25H,3,8-9,11-19H2,1-2,4-7H3/t20-,21-,22-,23?,24-,25-,26-,27-/m1/s1. The van der Waals surface area contributed by atoms with E-state index in [4.69, 9.17) is 18.8 Å². The summed E-state index contributed by atoms with van der Waals surface area (Å²) < 4.78 is 26.2. The smallest absolute Gasteiger partial charge is 0.407 e. The molecule has 0 radical (unpaired) electrons. The van der Waals surface area contributed by atoms with E-state index in [-0.39, 0.29) is 30.2 Å². The molecular formula is C27H49BO4. The molecule has 0 aromatic heterocycles. The van der Waals surface area contributed by atoms with Gasteiger partial charge in [-0.25, -0.2) is 0 Å². The number of allylic oxidation sites excluding steroid dienone is 1. The fourth-order valence-corrected chi connectivity index (χ4v) is 8.16. The minimum Gasteiger partial charge on any atom is -0.407 e. The van der Waals surface area contributed by atoms with Gasteiger partial charge in [0.15, 0.2) is 0 Å². The fourth-order valence-electron chi connectivity index (χ4n) is 8.16. The van der Waals surface area contributed by atoms with Crippen LogP contribution in [-0.2, 0) is 18.8 Å². The summed E-state index contributed by atoms with van der Waals surface area (Å²) in [5.74, 6) is 2.07. The van der Waals surface area contributed by atoms with E-state index in [0.717, 1.165) is 19.5 Å². The predicted octanol–water partition coefficient (Wildman–Crippen LogP) is 6.40. The molecule has 8 atom stereocenters. The van der Waals surface area contributed by atoms with Crippen molar-refractivity contribution in [3.05, 3.63) is 12.7 Å². The minimum atomic E-state index is -0.221. The third-order valence-electron chi connectivity index (χ3n) is 9.39.